The first-order chi connectivity index (χ1) is 28.7. The molecule has 0 heterocycles. The first-order valence-electron chi connectivity index (χ1n) is 19.8. The minimum absolute atomic E-state index is 0. The summed E-state index contributed by atoms with van der Waals surface area (Å²) in [6, 6.07) is -1.92. The van der Waals surface area contributed by atoms with Gasteiger partial charge in [-0.2, -0.15) is 0 Å². The van der Waals surface area contributed by atoms with Gasteiger partial charge in [-0.25, -0.2) is 0 Å². The van der Waals surface area contributed by atoms with Crippen LogP contribution in [0.1, 0.15) is 138 Å². The second-order valence-electron chi connectivity index (χ2n) is 13.2. The Morgan fingerprint density at radius 2 is 0.949 bits per heavy atom. The molecule has 1 aliphatic carbocycles. The molecule has 9 nitrogen and oxygen atoms in total. The first-order valence-corrected chi connectivity index (χ1v) is 19.8. The highest BCUT2D eigenvalue weighted by molar-refractivity contribution is 5.94. The van der Waals surface area contributed by atoms with Crippen molar-refractivity contribution < 1.29 is 69.7 Å². The fraction of sp³-hybridized carbons (Fsp3) is 0.500. The van der Waals surface area contributed by atoms with E-state index in [9.17, 15) is 35.4 Å². The topological polar surface area (TPSA) is 163 Å². The Hall–Kier alpha value is -6.09. The fourth-order valence-corrected chi connectivity index (χ4v) is 5.56. The second kappa shape index (κ2) is 35.1. The normalized spacial score (nSPS) is 17.9. The minimum Gasteiger partial charge on any atom is -0.390 e. The van der Waals surface area contributed by atoms with Crippen LogP contribution < -0.4 is 10.6 Å². The molecule has 0 unspecified atom stereocenters. The molecule has 0 aromatic rings. The molecule has 0 radical (unpaired) electrons. The molecule has 0 aliphatic heterocycles. The third-order valence-corrected chi connectivity index (χ3v) is 8.69. The van der Waals surface area contributed by atoms with E-state index in [0.717, 1.165) is 19.3 Å². The monoisotopic (exact) mass is 841 g/mol. The van der Waals surface area contributed by atoms with Gasteiger partial charge in [0.2, 0.25) is 0 Å². The predicted molar refractivity (Wildman–Crippen MR) is 280 cm³/mol. The number of carbonyl (C=O) groups excluding carboxylic acids is 1. The number of hydrogen-bond donors (Lipinski definition) is 8. The highest BCUT2D eigenvalue weighted by Crippen LogP contribution is 2.21. The van der Waals surface area contributed by atoms with Crippen molar-refractivity contribution in [1.29, 1.82) is 0 Å². The standard InChI is InChI=1S/C50H52N2O7.24H2/c1-3-5-7-9-11-13-15-17-18-19-20-21-22-23-24-25-26-27-29-31-33-35-37-39-46(55)52-43(41-51-42-40-45(54)49(58)50(59)48(42)57)47(56)44(53)38-36-34-32-30-28-16-14-12-10-8-6-4-2;;;;;;;;;;;;;;;;;;;;;;;;/h42-45,47-51,53-54,56-59H,4,6,8,10,12,14,16,28,30,32,34,36,38,40-41H2,1-2H3,(H,52,55);24*1H/t42-,43-,44+,45-,47-,48-,49+,50+;;;;;;;;;;;;;;;;;;;;;;;;/m0......................../s1. The van der Waals surface area contributed by atoms with Crippen molar-refractivity contribution in [3.05, 3.63) is 0 Å². The lowest BCUT2D eigenvalue weighted by Crippen LogP contribution is -2.62. The summed E-state index contributed by atoms with van der Waals surface area (Å²) in [7, 11) is 0. The van der Waals surface area contributed by atoms with Crippen molar-refractivity contribution in [3.8, 4) is 142 Å². The van der Waals surface area contributed by atoms with Crippen LogP contribution in [0.25, 0.3) is 0 Å². The zero-order valence-corrected chi connectivity index (χ0v) is 33.8. The summed E-state index contributed by atoms with van der Waals surface area (Å²) in [5, 5.41) is 67.9. The minimum atomic E-state index is -1.60. The maximum Gasteiger partial charge on any atom is 0.297 e. The summed E-state index contributed by atoms with van der Waals surface area (Å²) in [5.74, 6) is 58.7. The van der Waals surface area contributed by atoms with Crippen molar-refractivity contribution >= 4 is 5.91 Å². The molecule has 1 saturated carbocycles. The lowest BCUT2D eigenvalue weighted by Gasteiger charge is -2.39. The van der Waals surface area contributed by atoms with E-state index in [0.29, 0.717) is 12.8 Å². The number of unbranched alkanes of at least 4 members (excludes halogenated alkanes) is 11. The molecular weight excluding hydrogens is 741 g/mol. The van der Waals surface area contributed by atoms with E-state index < -0.39 is 54.6 Å². The van der Waals surface area contributed by atoms with Gasteiger partial charge in [-0.05, 0) is 114 Å². The number of aliphatic hydroxyl groups is 6. The third-order valence-electron chi connectivity index (χ3n) is 8.69. The summed E-state index contributed by atoms with van der Waals surface area (Å²) < 4.78 is 0. The first kappa shape index (κ1) is 50.9. The van der Waals surface area contributed by atoms with E-state index in [4.69, 9.17) is 0 Å². The quantitative estimate of drug-likeness (QED) is 0.0507. The SMILES string of the molecule is CC#CC#CC#CC#CC#CC#CC#CC#CC#CC#CC#CC#CC(=O)N[C@@H](CN[C@H]1C[C@H](O)[C@@H](O)[C@H](O)[C@H]1O)[C@H](O)[C@H](O)CCCCCCCCCCCCCC.[HH].[HH].[HH].[HH].[HH].[HH].[HH].[HH].[HH].[HH].[HH].[HH].[HH].[HH].[HH].[HH].[HH].[HH].[HH].[HH].[HH].[HH].[HH].[HH]. The zero-order valence-electron chi connectivity index (χ0n) is 33.8. The highest BCUT2D eigenvalue weighted by Gasteiger charge is 2.42. The molecule has 0 aromatic heterocycles. The van der Waals surface area contributed by atoms with Crippen LogP contribution in [0.15, 0.2) is 0 Å². The Morgan fingerprint density at radius 3 is 1.37 bits per heavy atom. The molecule has 9 heteroatoms. The van der Waals surface area contributed by atoms with Gasteiger partial charge in [0.25, 0.3) is 5.91 Å². The van der Waals surface area contributed by atoms with Crippen molar-refractivity contribution in [2.75, 3.05) is 6.54 Å². The van der Waals surface area contributed by atoms with Gasteiger partial charge >= 0.3 is 0 Å². The van der Waals surface area contributed by atoms with E-state index in [2.05, 4.69) is 160 Å². The van der Waals surface area contributed by atoms with Crippen LogP contribution in [-0.4, -0.2) is 91.8 Å². The predicted octanol–water partition coefficient (Wildman–Crippen LogP) is 7.05. The Kier molecular flexibility index (Phi) is 30.3. The summed E-state index contributed by atoms with van der Waals surface area (Å²) >= 11 is 0. The van der Waals surface area contributed by atoms with E-state index >= 15 is 0 Å². The molecule has 352 valence electrons. The Morgan fingerprint density at radius 1 is 0.559 bits per heavy atom. The third kappa shape index (κ3) is 26.5. The molecule has 1 amide bonds. The number of amides is 1. The van der Waals surface area contributed by atoms with Gasteiger partial charge in [-0.15, -0.1) is 0 Å². The van der Waals surface area contributed by atoms with Gasteiger partial charge < -0.3 is 41.3 Å². The van der Waals surface area contributed by atoms with Crippen LogP contribution in [0.2, 0.25) is 0 Å². The lowest BCUT2D eigenvalue weighted by atomic mass is 9.85. The molecule has 0 bridgehead atoms. The van der Waals surface area contributed by atoms with Crippen molar-refractivity contribution in [2.45, 2.75) is 152 Å². The van der Waals surface area contributed by atoms with E-state index in [1.165, 1.54) is 51.4 Å². The Labute approximate surface area is 387 Å². The highest BCUT2D eigenvalue weighted by atomic mass is 16.4. The molecule has 1 aliphatic rings. The van der Waals surface area contributed by atoms with Gasteiger partial charge in [0.1, 0.15) is 18.3 Å². The average Bonchev–Trinajstić information content (AvgIpc) is 3.23. The van der Waals surface area contributed by atoms with Gasteiger partial charge in [0.05, 0.1) is 24.4 Å². The molecule has 1 rings (SSSR count). The van der Waals surface area contributed by atoms with E-state index in [1.807, 2.05) is 0 Å². The fourth-order valence-electron chi connectivity index (χ4n) is 5.56. The number of carbonyl (C=O) groups is 1. The smallest absolute Gasteiger partial charge is 0.297 e. The molecule has 8 atom stereocenters. The van der Waals surface area contributed by atoms with Crippen LogP contribution in [0, 0.1) is 142 Å². The molecule has 0 saturated heterocycles. The summed E-state index contributed by atoms with van der Waals surface area (Å²) in [5.41, 5.74) is 0. The van der Waals surface area contributed by atoms with Crippen LogP contribution in [0.4, 0.5) is 0 Å². The maximum atomic E-state index is 12.7. The molecule has 59 heavy (non-hydrogen) atoms. The summed E-state index contributed by atoms with van der Waals surface area (Å²) in [4.78, 5) is 12.7. The van der Waals surface area contributed by atoms with Gasteiger partial charge in [-0.1, -0.05) is 89.9 Å². The molecule has 1 fully saturated rings. The Bertz CT molecular complexity index is 2200. The average molecular weight is 841 g/mol. The van der Waals surface area contributed by atoms with Gasteiger partial charge in [0.15, 0.2) is 0 Å². The van der Waals surface area contributed by atoms with Crippen molar-refractivity contribution in [2.24, 2.45) is 0 Å². The van der Waals surface area contributed by atoms with Gasteiger partial charge in [-0.3, -0.25) is 4.79 Å². The second-order valence-corrected chi connectivity index (χ2v) is 13.2. The Balaban J connectivity index is -0.0000000659. The lowest BCUT2D eigenvalue weighted by molar-refractivity contribution is -0.147. The molecule has 8 N–H and O–H groups in total. The number of nitrogens with one attached hydrogen (secondary N) is 2. The number of aliphatic hydroxyl groups excluding tert-OH is 6. The van der Waals surface area contributed by atoms with E-state index in [-0.39, 0.29) is 47.2 Å². The van der Waals surface area contributed by atoms with Crippen molar-refractivity contribution in [3.63, 3.8) is 0 Å². The van der Waals surface area contributed by atoms with E-state index in [1.54, 1.807) is 6.92 Å². The number of rotatable bonds is 19. The van der Waals surface area contributed by atoms with Crippen LogP contribution in [0.5, 0.6) is 0 Å². The van der Waals surface area contributed by atoms with Crippen molar-refractivity contribution in [1.82, 2.24) is 10.6 Å². The van der Waals surface area contributed by atoms with Crippen LogP contribution >= 0.6 is 0 Å². The molecule has 0 spiro atoms. The van der Waals surface area contributed by atoms with Gasteiger partial charge in [0, 0.05) is 88.3 Å². The summed E-state index contributed by atoms with van der Waals surface area (Å²) in [6.07, 6.45) is 5.72. The largest absolute Gasteiger partial charge is 0.390 e. The summed E-state index contributed by atoms with van der Waals surface area (Å²) in [6.45, 7) is 3.75. The zero-order chi connectivity index (χ0) is 43.2. The number of hydrogen-bond acceptors (Lipinski definition) is 8. The van der Waals surface area contributed by atoms with Crippen LogP contribution in [-0.2, 0) is 4.79 Å². The van der Waals surface area contributed by atoms with Crippen LogP contribution in [0.3, 0.4) is 0 Å². The molecular formula is C50H100N2O7. The molecule has 0 aromatic carbocycles. The maximum absolute atomic E-state index is 12.7.